The number of esters is 3. The van der Waals surface area contributed by atoms with Crippen LogP contribution in [0.25, 0.3) is 0 Å². The summed E-state index contributed by atoms with van der Waals surface area (Å²) in [5, 5.41) is 0. The number of carbonyl (C=O) groups is 3. The van der Waals surface area contributed by atoms with Gasteiger partial charge in [0.2, 0.25) is 0 Å². The number of nitrogens with zero attached hydrogens (tertiary/aromatic N) is 1. The van der Waals surface area contributed by atoms with Gasteiger partial charge in [0.1, 0.15) is 0 Å². The van der Waals surface area contributed by atoms with Crippen molar-refractivity contribution < 1.29 is 33.1 Å². The van der Waals surface area contributed by atoms with E-state index in [1.54, 1.807) is 0 Å². The van der Waals surface area contributed by atoms with Gasteiger partial charge >= 0.3 is 23.9 Å². The van der Waals surface area contributed by atoms with Gasteiger partial charge in [0, 0.05) is 25.7 Å². The molecule has 0 fully saturated rings. The van der Waals surface area contributed by atoms with E-state index in [2.05, 4.69) is 20.8 Å². The van der Waals surface area contributed by atoms with Gasteiger partial charge < -0.3 is 18.7 Å². The smallest absolute Gasteiger partial charge is 0.388 e. The second-order valence-corrected chi connectivity index (χ2v) is 9.76. The van der Waals surface area contributed by atoms with Crippen LogP contribution in [0.2, 0.25) is 0 Å². The molecule has 206 valence electrons. The lowest BCUT2D eigenvalue weighted by Gasteiger charge is -2.40. The third-order valence-electron chi connectivity index (χ3n) is 6.24. The van der Waals surface area contributed by atoms with Gasteiger partial charge in [0.05, 0.1) is 32.6 Å². The Morgan fingerprint density at radius 2 is 0.829 bits per heavy atom. The lowest BCUT2D eigenvalue weighted by atomic mass is 10.1. The molecule has 0 rings (SSSR count). The molecule has 35 heavy (non-hydrogen) atoms. The molecular weight excluding hydrogens is 446 g/mol. The summed E-state index contributed by atoms with van der Waals surface area (Å²) in [4.78, 5) is 37.5. The molecule has 7 nitrogen and oxygen atoms in total. The van der Waals surface area contributed by atoms with Crippen molar-refractivity contribution in [2.45, 2.75) is 137 Å². The van der Waals surface area contributed by atoms with Crippen LogP contribution in [0.15, 0.2) is 0 Å². The Hall–Kier alpha value is -1.63. The van der Waals surface area contributed by atoms with Crippen molar-refractivity contribution in [3.05, 3.63) is 0 Å². The first-order valence-corrected chi connectivity index (χ1v) is 14.3. The van der Waals surface area contributed by atoms with E-state index in [4.69, 9.17) is 14.2 Å². The fraction of sp³-hybridized carbons (Fsp3) is 0.893. The number of ether oxygens (including phenoxy) is 3. The molecule has 0 atom stereocenters. The van der Waals surface area contributed by atoms with Crippen LogP contribution in [0.4, 0.5) is 0 Å². The van der Waals surface area contributed by atoms with E-state index >= 15 is 0 Å². The average Bonchev–Trinajstić information content (AvgIpc) is 2.80. The quantitative estimate of drug-likeness (QED) is 0.0938. The summed E-state index contributed by atoms with van der Waals surface area (Å²) < 4.78 is 17.9. The highest BCUT2D eigenvalue weighted by atomic mass is 16.9. The molecule has 0 aliphatic carbocycles. The summed E-state index contributed by atoms with van der Waals surface area (Å²) in [6.45, 7) is 16.4. The zero-order chi connectivity index (χ0) is 26.6. The number of rotatable bonds is 22. The second-order valence-electron chi connectivity index (χ2n) is 9.76. The van der Waals surface area contributed by atoms with Crippen LogP contribution < -0.4 is 0 Å². The van der Waals surface area contributed by atoms with Crippen LogP contribution >= 0.6 is 0 Å². The second kappa shape index (κ2) is 19.5. The standard InChI is InChI=1S/C28H54NO6/c1-7-13-21-29(22-14-8-2,23-15-9-3)24-16-20-28(33-25(30)17-10-4,34-26(31)18-11-5)35-27(32)19-12-6/h7-24H2,1-6H3/q+1. The minimum atomic E-state index is -1.99. The maximum Gasteiger partial charge on any atom is 0.423 e. The number of hydrogen-bond donors (Lipinski definition) is 0. The van der Waals surface area contributed by atoms with Crippen LogP contribution in [-0.2, 0) is 28.6 Å². The summed E-state index contributed by atoms with van der Waals surface area (Å²) in [5.41, 5.74) is 0. The zero-order valence-corrected chi connectivity index (χ0v) is 23.6. The maximum atomic E-state index is 12.5. The van der Waals surface area contributed by atoms with Crippen molar-refractivity contribution in [1.82, 2.24) is 0 Å². The minimum Gasteiger partial charge on any atom is -0.388 e. The van der Waals surface area contributed by atoms with Gasteiger partial charge in [0.25, 0.3) is 0 Å². The van der Waals surface area contributed by atoms with Crippen LogP contribution in [0, 0.1) is 0 Å². The monoisotopic (exact) mass is 500 g/mol. The van der Waals surface area contributed by atoms with Crippen LogP contribution in [0.5, 0.6) is 0 Å². The first kappa shape index (κ1) is 33.4. The predicted molar refractivity (Wildman–Crippen MR) is 139 cm³/mol. The van der Waals surface area contributed by atoms with Crippen molar-refractivity contribution in [2.75, 3.05) is 26.2 Å². The maximum absolute atomic E-state index is 12.5. The van der Waals surface area contributed by atoms with Crippen molar-refractivity contribution in [3.8, 4) is 0 Å². The Labute approximate surface area is 214 Å². The molecule has 0 aromatic carbocycles. The summed E-state index contributed by atoms with van der Waals surface area (Å²) in [6, 6.07) is 0. The zero-order valence-electron chi connectivity index (χ0n) is 23.6. The largest absolute Gasteiger partial charge is 0.423 e. The number of unbranched alkanes of at least 4 members (excludes halogenated alkanes) is 3. The lowest BCUT2D eigenvalue weighted by Crippen LogP contribution is -2.52. The Balaban J connectivity index is 5.90. The Kier molecular flexibility index (Phi) is 18.6. The molecule has 0 aliphatic heterocycles. The molecule has 0 aromatic heterocycles. The van der Waals surface area contributed by atoms with Gasteiger partial charge in [-0.25, -0.2) is 0 Å². The highest BCUT2D eigenvalue weighted by Crippen LogP contribution is 2.27. The summed E-state index contributed by atoms with van der Waals surface area (Å²) in [7, 11) is 0. The minimum absolute atomic E-state index is 0.151. The van der Waals surface area contributed by atoms with E-state index in [1.165, 1.54) is 0 Å². The van der Waals surface area contributed by atoms with E-state index in [9.17, 15) is 14.4 Å². The van der Waals surface area contributed by atoms with E-state index in [0.29, 0.717) is 25.7 Å². The van der Waals surface area contributed by atoms with Crippen molar-refractivity contribution in [3.63, 3.8) is 0 Å². The molecule has 0 saturated heterocycles. The molecule has 0 saturated carbocycles. The van der Waals surface area contributed by atoms with Crippen molar-refractivity contribution in [1.29, 1.82) is 0 Å². The van der Waals surface area contributed by atoms with E-state index in [0.717, 1.165) is 69.2 Å². The molecule has 0 aliphatic rings. The normalized spacial score (nSPS) is 11.8. The Morgan fingerprint density at radius 3 is 1.11 bits per heavy atom. The van der Waals surface area contributed by atoms with Crippen LogP contribution in [0.3, 0.4) is 0 Å². The van der Waals surface area contributed by atoms with Gasteiger partial charge in [-0.05, 0) is 38.5 Å². The van der Waals surface area contributed by atoms with Crippen LogP contribution in [-0.4, -0.2) is 54.5 Å². The number of quaternary nitrogens is 1. The molecule has 0 bridgehead atoms. The SMILES string of the molecule is CCCC[N+](CCCC)(CCCC)CCCC(OC(=O)CCC)(OC(=O)CCC)OC(=O)CCC. The van der Waals surface area contributed by atoms with E-state index < -0.39 is 23.9 Å². The summed E-state index contributed by atoms with van der Waals surface area (Å²) in [6.07, 6.45) is 9.92. The van der Waals surface area contributed by atoms with Crippen molar-refractivity contribution >= 4 is 17.9 Å². The van der Waals surface area contributed by atoms with Gasteiger partial charge in [0.15, 0.2) is 0 Å². The molecule has 0 aromatic rings. The molecule has 7 heteroatoms. The van der Waals surface area contributed by atoms with Crippen LogP contribution in [0.1, 0.15) is 131 Å². The van der Waals surface area contributed by atoms with E-state index in [1.807, 2.05) is 20.8 Å². The molecule has 0 unspecified atom stereocenters. The highest BCUT2D eigenvalue weighted by molar-refractivity contribution is 5.73. The third kappa shape index (κ3) is 14.5. The van der Waals surface area contributed by atoms with Gasteiger partial charge in [-0.3, -0.25) is 14.4 Å². The molecule has 0 heterocycles. The molecule has 0 spiro atoms. The fourth-order valence-electron chi connectivity index (χ4n) is 4.28. The molecule has 0 radical (unpaired) electrons. The first-order valence-electron chi connectivity index (χ1n) is 14.3. The Morgan fingerprint density at radius 1 is 0.514 bits per heavy atom. The average molecular weight is 501 g/mol. The van der Waals surface area contributed by atoms with Gasteiger partial charge in [-0.15, -0.1) is 0 Å². The predicted octanol–water partition coefficient (Wildman–Crippen LogP) is 6.67. The van der Waals surface area contributed by atoms with Crippen molar-refractivity contribution in [2.24, 2.45) is 0 Å². The van der Waals surface area contributed by atoms with Gasteiger partial charge in [-0.2, -0.15) is 0 Å². The van der Waals surface area contributed by atoms with E-state index in [-0.39, 0.29) is 25.7 Å². The Bertz CT molecular complexity index is 520. The molecule has 0 amide bonds. The third-order valence-corrected chi connectivity index (χ3v) is 6.24. The summed E-state index contributed by atoms with van der Waals surface area (Å²) in [5.74, 6) is -3.56. The number of carbonyl (C=O) groups excluding carboxylic acids is 3. The number of hydrogen-bond acceptors (Lipinski definition) is 6. The summed E-state index contributed by atoms with van der Waals surface area (Å²) >= 11 is 0. The lowest BCUT2D eigenvalue weighted by molar-refractivity contribution is -0.929. The fourth-order valence-corrected chi connectivity index (χ4v) is 4.28. The van der Waals surface area contributed by atoms with Gasteiger partial charge in [-0.1, -0.05) is 60.8 Å². The first-order chi connectivity index (χ1) is 16.8. The highest BCUT2D eigenvalue weighted by Gasteiger charge is 2.44. The topological polar surface area (TPSA) is 78.9 Å². The molecular formula is C28H54NO6+. The molecule has 0 N–H and O–H groups in total.